The number of anilines is 2. The summed E-state index contributed by atoms with van der Waals surface area (Å²) in [6.45, 7) is 0. The van der Waals surface area contributed by atoms with Gasteiger partial charge in [-0.05, 0) is 24.3 Å². The molecule has 11 heteroatoms. The fourth-order valence-corrected chi connectivity index (χ4v) is 1.97. The number of amidine groups is 1. The van der Waals surface area contributed by atoms with Crippen LogP contribution >= 0.6 is 0 Å². The molecule has 0 aliphatic heterocycles. The first-order chi connectivity index (χ1) is 12.4. The maximum Gasteiger partial charge on any atom is 0.433 e. The quantitative estimate of drug-likeness (QED) is 0.281. The lowest BCUT2D eigenvalue weighted by atomic mass is 10.2. The summed E-state index contributed by atoms with van der Waals surface area (Å²) < 4.78 is 43.0. The summed E-state index contributed by atoms with van der Waals surface area (Å²) in [6.07, 6.45) is -0.682. The number of hydrogen-bond acceptors (Lipinski definition) is 7. The lowest BCUT2D eigenvalue weighted by Gasteiger charge is -2.05. The summed E-state index contributed by atoms with van der Waals surface area (Å²) in [4.78, 5) is 11.3. The molecule has 0 aromatic carbocycles. The second kappa shape index (κ2) is 6.70. The van der Waals surface area contributed by atoms with Gasteiger partial charge in [-0.15, -0.1) is 0 Å². The molecule has 0 unspecified atom stereocenters. The van der Waals surface area contributed by atoms with E-state index in [2.05, 4.69) is 25.4 Å². The summed E-state index contributed by atoms with van der Waals surface area (Å²) in [5.41, 5.74) is 5.56. The lowest BCUT2D eigenvalue weighted by Crippen LogP contribution is -2.14. The Hall–Kier alpha value is -3.63. The minimum absolute atomic E-state index is 0.109. The van der Waals surface area contributed by atoms with E-state index in [0.29, 0.717) is 11.3 Å². The highest BCUT2D eigenvalue weighted by Gasteiger charge is 2.32. The molecule has 134 valence electrons. The first-order valence-electron chi connectivity index (χ1n) is 7.07. The van der Waals surface area contributed by atoms with Gasteiger partial charge in [0.25, 0.3) is 6.01 Å². The van der Waals surface area contributed by atoms with Crippen LogP contribution in [0.25, 0.3) is 11.3 Å². The molecule has 0 aliphatic carbocycles. The van der Waals surface area contributed by atoms with Crippen molar-refractivity contribution in [1.29, 1.82) is 0 Å². The number of alkyl halides is 3. The van der Waals surface area contributed by atoms with E-state index in [-0.39, 0.29) is 23.3 Å². The van der Waals surface area contributed by atoms with Crippen molar-refractivity contribution in [3.63, 3.8) is 0 Å². The molecule has 0 fully saturated rings. The van der Waals surface area contributed by atoms with Crippen LogP contribution in [0.15, 0.2) is 52.4 Å². The van der Waals surface area contributed by atoms with Crippen molar-refractivity contribution in [3.8, 4) is 11.3 Å². The SMILES string of the molecule is NC(=NO)c1ccc(Nc2ncc(-c3ccc(C(F)(F)F)nc3)o2)cn1. The zero-order valence-corrected chi connectivity index (χ0v) is 12.9. The molecule has 0 amide bonds. The van der Waals surface area contributed by atoms with Crippen molar-refractivity contribution in [2.45, 2.75) is 6.18 Å². The molecule has 4 N–H and O–H groups in total. The van der Waals surface area contributed by atoms with Crippen LogP contribution in [-0.4, -0.2) is 26.0 Å². The molecule has 26 heavy (non-hydrogen) atoms. The molecular formula is C15H11F3N6O2. The third-order valence-electron chi connectivity index (χ3n) is 3.23. The fourth-order valence-electron chi connectivity index (χ4n) is 1.97. The molecule has 3 aromatic rings. The van der Waals surface area contributed by atoms with Crippen LogP contribution in [0.1, 0.15) is 11.4 Å². The van der Waals surface area contributed by atoms with Gasteiger partial charge < -0.3 is 20.7 Å². The predicted molar refractivity (Wildman–Crippen MR) is 84.8 cm³/mol. The van der Waals surface area contributed by atoms with Crippen molar-refractivity contribution in [2.75, 3.05) is 5.32 Å². The molecule has 8 nitrogen and oxygen atoms in total. The molecule has 3 aromatic heterocycles. The van der Waals surface area contributed by atoms with Gasteiger partial charge in [-0.3, -0.25) is 9.97 Å². The van der Waals surface area contributed by atoms with E-state index < -0.39 is 11.9 Å². The van der Waals surface area contributed by atoms with Crippen LogP contribution in [0.3, 0.4) is 0 Å². The van der Waals surface area contributed by atoms with Gasteiger partial charge in [0.15, 0.2) is 11.6 Å². The summed E-state index contributed by atoms with van der Waals surface area (Å²) in [7, 11) is 0. The number of hydrogen-bond donors (Lipinski definition) is 3. The number of rotatable bonds is 4. The van der Waals surface area contributed by atoms with E-state index in [4.69, 9.17) is 15.4 Å². The second-order valence-corrected chi connectivity index (χ2v) is 5.00. The van der Waals surface area contributed by atoms with E-state index >= 15 is 0 Å². The summed E-state index contributed by atoms with van der Waals surface area (Å²) in [5.74, 6) is 0.111. The highest BCUT2D eigenvalue weighted by atomic mass is 19.4. The van der Waals surface area contributed by atoms with Crippen LogP contribution in [0, 0.1) is 0 Å². The van der Waals surface area contributed by atoms with E-state index in [0.717, 1.165) is 12.3 Å². The monoisotopic (exact) mass is 364 g/mol. The first kappa shape index (κ1) is 17.2. The lowest BCUT2D eigenvalue weighted by molar-refractivity contribution is -0.141. The molecule has 0 atom stereocenters. The van der Waals surface area contributed by atoms with E-state index in [1.165, 1.54) is 24.5 Å². The predicted octanol–water partition coefficient (Wildman–Crippen LogP) is 2.99. The molecule has 0 radical (unpaired) electrons. The highest BCUT2D eigenvalue weighted by Crippen LogP contribution is 2.29. The van der Waals surface area contributed by atoms with Crippen molar-refractivity contribution in [2.24, 2.45) is 10.9 Å². The Morgan fingerprint density at radius 2 is 1.88 bits per heavy atom. The fraction of sp³-hybridized carbons (Fsp3) is 0.0667. The normalized spacial score (nSPS) is 12.2. The zero-order valence-electron chi connectivity index (χ0n) is 12.9. The first-order valence-corrected chi connectivity index (χ1v) is 7.07. The van der Waals surface area contributed by atoms with Gasteiger partial charge in [0.2, 0.25) is 0 Å². The van der Waals surface area contributed by atoms with Gasteiger partial charge in [0.1, 0.15) is 11.4 Å². The molecule has 0 saturated carbocycles. The Morgan fingerprint density at radius 3 is 2.46 bits per heavy atom. The van der Waals surface area contributed by atoms with Crippen LogP contribution in [0.2, 0.25) is 0 Å². The number of nitrogens with two attached hydrogens (primary N) is 1. The van der Waals surface area contributed by atoms with Gasteiger partial charge in [-0.25, -0.2) is 4.98 Å². The van der Waals surface area contributed by atoms with E-state index in [1.54, 1.807) is 6.07 Å². The van der Waals surface area contributed by atoms with Crippen LogP contribution in [-0.2, 0) is 6.18 Å². The van der Waals surface area contributed by atoms with Gasteiger partial charge in [-0.2, -0.15) is 13.2 Å². The van der Waals surface area contributed by atoms with Crippen LogP contribution in [0.5, 0.6) is 0 Å². The summed E-state index contributed by atoms with van der Waals surface area (Å²) in [5, 5.41) is 14.2. The number of pyridine rings is 2. The number of aromatic nitrogens is 3. The Balaban J connectivity index is 1.74. The summed E-state index contributed by atoms with van der Waals surface area (Å²) in [6, 6.07) is 5.33. The van der Waals surface area contributed by atoms with E-state index in [9.17, 15) is 13.2 Å². The topological polar surface area (TPSA) is 122 Å². The number of oxime groups is 1. The largest absolute Gasteiger partial charge is 0.433 e. The standard InChI is InChI=1S/C15H11F3N6O2/c16-15(17,18)12-4-1-8(5-21-12)11-7-22-14(26-11)23-9-2-3-10(20-6-9)13(19)24-25/h1-7,25H,(H2,19,24)(H,22,23). The maximum absolute atomic E-state index is 12.5. The molecule has 3 heterocycles. The van der Waals surface area contributed by atoms with Gasteiger partial charge in [0.05, 0.1) is 18.1 Å². The second-order valence-electron chi connectivity index (χ2n) is 5.00. The van der Waals surface area contributed by atoms with Crippen molar-refractivity contribution in [3.05, 3.63) is 54.2 Å². The van der Waals surface area contributed by atoms with Crippen molar-refractivity contribution < 1.29 is 22.8 Å². The van der Waals surface area contributed by atoms with E-state index in [1.807, 2.05) is 0 Å². The Kier molecular flexibility index (Phi) is 4.43. The number of halogens is 3. The van der Waals surface area contributed by atoms with Gasteiger partial charge in [-0.1, -0.05) is 5.16 Å². The van der Waals surface area contributed by atoms with Crippen LogP contribution < -0.4 is 11.1 Å². The molecule has 0 aliphatic rings. The van der Waals surface area contributed by atoms with Gasteiger partial charge in [0, 0.05) is 11.8 Å². The number of nitrogens with zero attached hydrogens (tertiary/aromatic N) is 4. The minimum Gasteiger partial charge on any atom is -0.423 e. The number of nitrogens with one attached hydrogen (secondary N) is 1. The third-order valence-corrected chi connectivity index (χ3v) is 3.23. The molecule has 3 rings (SSSR count). The molecule has 0 bridgehead atoms. The third kappa shape index (κ3) is 3.71. The smallest absolute Gasteiger partial charge is 0.423 e. The minimum atomic E-state index is -4.50. The number of oxazole rings is 1. The highest BCUT2D eigenvalue weighted by molar-refractivity contribution is 5.95. The molecule has 0 saturated heterocycles. The Bertz CT molecular complexity index is 920. The average molecular weight is 364 g/mol. The average Bonchev–Trinajstić information content (AvgIpc) is 3.09. The Labute approximate surface area is 144 Å². The Morgan fingerprint density at radius 1 is 1.08 bits per heavy atom. The summed E-state index contributed by atoms with van der Waals surface area (Å²) >= 11 is 0. The van der Waals surface area contributed by atoms with Crippen molar-refractivity contribution >= 4 is 17.5 Å². The van der Waals surface area contributed by atoms with Crippen LogP contribution in [0.4, 0.5) is 24.9 Å². The van der Waals surface area contributed by atoms with Gasteiger partial charge >= 0.3 is 6.18 Å². The van der Waals surface area contributed by atoms with Crippen molar-refractivity contribution in [1.82, 2.24) is 15.0 Å². The zero-order chi connectivity index (χ0) is 18.7. The molecular weight excluding hydrogens is 353 g/mol. The molecule has 0 spiro atoms. The maximum atomic E-state index is 12.5.